The van der Waals surface area contributed by atoms with Crippen LogP contribution in [0.3, 0.4) is 0 Å². The molecule has 0 fully saturated rings. The molecule has 1 aliphatic rings. The van der Waals surface area contributed by atoms with E-state index >= 15 is 0 Å². The number of nitrogens with zero attached hydrogens (tertiary/aromatic N) is 4. The average Bonchev–Trinajstić information content (AvgIpc) is 3.52. The molecule has 0 amide bonds. The number of ether oxygens (including phenoxy) is 2. The summed E-state index contributed by atoms with van der Waals surface area (Å²) in [7, 11) is -7.25. The van der Waals surface area contributed by atoms with Crippen molar-refractivity contribution in [3.63, 3.8) is 0 Å². The van der Waals surface area contributed by atoms with Crippen LogP contribution in [0.15, 0.2) is 48.5 Å². The molecule has 0 saturated heterocycles. The van der Waals surface area contributed by atoms with Crippen molar-refractivity contribution in [2.45, 2.75) is 6.54 Å². The van der Waals surface area contributed by atoms with Crippen LogP contribution < -0.4 is 24.8 Å². The molecule has 0 atom stereocenters. The van der Waals surface area contributed by atoms with E-state index in [4.69, 9.17) is 9.47 Å². The zero-order valence-electron chi connectivity index (χ0n) is 19.6. The molecule has 2 aromatic heterocycles. The van der Waals surface area contributed by atoms with Gasteiger partial charge in [-0.2, -0.15) is 36.6 Å². The summed E-state index contributed by atoms with van der Waals surface area (Å²) in [5.74, 6) is 1.78. The van der Waals surface area contributed by atoms with Gasteiger partial charge in [-0.05, 0) is 48.0 Å². The molecule has 0 radical (unpaired) electrons. The summed E-state index contributed by atoms with van der Waals surface area (Å²) in [5, 5.41) is 16.7. The second kappa shape index (κ2) is 9.38. The molecule has 0 bridgehead atoms. The van der Waals surface area contributed by atoms with Crippen molar-refractivity contribution in [3.05, 3.63) is 54.1 Å². The quantitative estimate of drug-likeness (QED) is 0.225. The van der Waals surface area contributed by atoms with Crippen LogP contribution in [0.5, 0.6) is 11.5 Å². The Morgan fingerprint density at radius 3 is 2.54 bits per heavy atom. The minimum Gasteiger partial charge on any atom is -0.454 e. The maximum absolute atomic E-state index is 12.6. The molecule has 1 aliphatic heterocycles. The zero-order valence-corrected chi connectivity index (χ0v) is 21.2. The number of rotatable bonds is 9. The topological polar surface area (TPSA) is 181 Å². The lowest BCUT2D eigenvalue weighted by atomic mass is 10.2. The summed E-state index contributed by atoms with van der Waals surface area (Å²) in [5.41, 5.74) is 2.56. The van der Waals surface area contributed by atoms with Gasteiger partial charge in [0, 0.05) is 26.3 Å². The minimum atomic E-state index is -4.83. The highest BCUT2D eigenvalue weighted by molar-refractivity contribution is 8.66. The Labute approximate surface area is 211 Å². The Bertz CT molecular complexity index is 1690. The second-order valence-corrected chi connectivity index (χ2v) is 13.4. The van der Waals surface area contributed by atoms with Crippen LogP contribution >= 0.6 is 0 Å². The lowest BCUT2D eigenvalue weighted by Crippen LogP contribution is -2.34. The first-order valence-electron chi connectivity index (χ1n) is 10.8. The molecule has 14 nitrogen and oxygen atoms in total. The fourth-order valence-corrected chi connectivity index (χ4v) is 6.11. The van der Waals surface area contributed by atoms with Crippen molar-refractivity contribution in [2.75, 3.05) is 36.2 Å². The van der Waals surface area contributed by atoms with E-state index in [1.54, 1.807) is 18.2 Å². The van der Waals surface area contributed by atoms with E-state index in [1.165, 1.54) is 12.1 Å². The molecular weight excluding hydrogens is 524 g/mol. The lowest BCUT2D eigenvalue weighted by molar-refractivity contribution is 0.174. The van der Waals surface area contributed by atoms with Crippen molar-refractivity contribution < 1.29 is 26.3 Å². The van der Waals surface area contributed by atoms with Crippen molar-refractivity contribution in [1.29, 1.82) is 0 Å². The number of benzene rings is 2. The van der Waals surface area contributed by atoms with Gasteiger partial charge in [0.25, 0.3) is 0 Å². The molecule has 16 heteroatoms. The molecule has 0 saturated carbocycles. The largest absolute Gasteiger partial charge is 0.454 e. The summed E-state index contributed by atoms with van der Waals surface area (Å²) in [6.07, 6.45) is 0. The smallest absolute Gasteiger partial charge is 0.353 e. The van der Waals surface area contributed by atoms with Crippen molar-refractivity contribution in [3.8, 4) is 11.5 Å². The Balaban J connectivity index is 1.44. The Hall–Kier alpha value is -4.15. The van der Waals surface area contributed by atoms with E-state index in [9.17, 15) is 16.8 Å². The molecule has 194 valence electrons. The van der Waals surface area contributed by atoms with E-state index in [0.29, 0.717) is 44.9 Å². The monoisotopic (exact) mass is 546 g/mol. The highest BCUT2D eigenvalue weighted by Gasteiger charge is 2.33. The summed E-state index contributed by atoms with van der Waals surface area (Å²) < 4.78 is 63.4. The third kappa shape index (κ3) is 4.93. The summed E-state index contributed by atoms with van der Waals surface area (Å²) in [6.45, 7) is 0.553. The predicted octanol–water partition coefficient (Wildman–Crippen LogP) is 1.99. The Kier molecular flexibility index (Phi) is 6.22. The van der Waals surface area contributed by atoms with E-state index in [0.717, 1.165) is 19.7 Å². The van der Waals surface area contributed by atoms with Crippen LogP contribution in [0.2, 0.25) is 0 Å². The van der Waals surface area contributed by atoms with Crippen LogP contribution in [0.1, 0.15) is 5.56 Å². The van der Waals surface area contributed by atoms with E-state index in [1.807, 2.05) is 18.2 Å². The van der Waals surface area contributed by atoms with E-state index in [2.05, 4.69) is 35.8 Å². The molecule has 4 N–H and O–H groups in total. The molecule has 0 spiro atoms. The van der Waals surface area contributed by atoms with Gasteiger partial charge in [-0.15, -0.1) is 0 Å². The molecule has 37 heavy (non-hydrogen) atoms. The summed E-state index contributed by atoms with van der Waals surface area (Å²) in [4.78, 5) is 4.48. The lowest BCUT2D eigenvalue weighted by Gasteiger charge is -2.17. The van der Waals surface area contributed by atoms with Crippen LogP contribution in [0.4, 0.5) is 23.0 Å². The molecule has 2 aromatic carbocycles. The highest BCUT2D eigenvalue weighted by atomic mass is 33.2. The molecule has 3 heterocycles. The van der Waals surface area contributed by atoms with Crippen molar-refractivity contribution in [1.82, 2.24) is 24.7 Å². The van der Waals surface area contributed by atoms with Crippen LogP contribution in [-0.2, 0) is 24.7 Å². The van der Waals surface area contributed by atoms with Gasteiger partial charge < -0.3 is 20.1 Å². The molecular formula is C21H22N8O6S2. The molecule has 4 aromatic rings. The highest BCUT2D eigenvalue weighted by Crippen LogP contribution is 2.33. The van der Waals surface area contributed by atoms with Crippen molar-refractivity contribution in [2.24, 2.45) is 0 Å². The number of fused-ring (bicyclic) bond motifs is 2. The standard InChI is InChI=1S/C21H22N8O6S2/c1-29(2)37(32,33)36(30,31)27-16-6-8-20(22-11-13-3-7-18-19(9-13)35-12-34-18)24-21(16)23-14-4-5-15-17(10-14)26-28-25-15/h3-10,27H,11-12H2,1-2H3,(H2,22,23,24)(H,25,26,28). The van der Waals surface area contributed by atoms with Gasteiger partial charge >= 0.3 is 18.1 Å². The fourth-order valence-electron chi connectivity index (χ4n) is 3.42. The maximum atomic E-state index is 12.6. The predicted molar refractivity (Wildman–Crippen MR) is 136 cm³/mol. The third-order valence-electron chi connectivity index (χ3n) is 5.34. The van der Waals surface area contributed by atoms with Crippen LogP contribution in [0, 0.1) is 0 Å². The van der Waals surface area contributed by atoms with Gasteiger partial charge in [0.1, 0.15) is 16.9 Å². The minimum absolute atomic E-state index is 0.0658. The first-order valence-corrected chi connectivity index (χ1v) is 14.2. The SMILES string of the molecule is CN(C)S(=O)(=O)S(=O)(=O)Nc1ccc(NCc2ccc3c(c2)OCO3)nc1Nc1ccc2n[nH]nc2c1. The van der Waals surface area contributed by atoms with Crippen LogP contribution in [-0.4, -0.2) is 62.4 Å². The number of hydrogen-bond acceptors (Lipinski definition) is 11. The first kappa shape index (κ1) is 24.5. The van der Waals surface area contributed by atoms with Gasteiger partial charge in [0.2, 0.25) is 6.79 Å². The molecule has 5 rings (SSSR count). The number of nitrogens with one attached hydrogen (secondary N) is 4. The van der Waals surface area contributed by atoms with Crippen LogP contribution in [0.25, 0.3) is 11.0 Å². The number of aromatic amines is 1. The molecule has 0 aliphatic carbocycles. The van der Waals surface area contributed by atoms with Gasteiger partial charge in [-0.25, -0.2) is 4.98 Å². The second-order valence-electron chi connectivity index (χ2n) is 8.08. The Morgan fingerprint density at radius 2 is 1.73 bits per heavy atom. The number of hydrogen-bond donors (Lipinski definition) is 4. The first-order chi connectivity index (χ1) is 17.6. The normalized spacial score (nSPS) is 13.2. The number of aromatic nitrogens is 4. The Morgan fingerprint density at radius 1 is 0.946 bits per heavy atom. The zero-order chi connectivity index (χ0) is 26.2. The summed E-state index contributed by atoms with van der Waals surface area (Å²) in [6, 6.07) is 13.6. The fraction of sp³-hybridized carbons (Fsp3) is 0.190. The van der Waals surface area contributed by atoms with Gasteiger partial charge in [-0.3, -0.25) is 4.72 Å². The number of pyridine rings is 1. The molecule has 0 unspecified atom stereocenters. The summed E-state index contributed by atoms with van der Waals surface area (Å²) >= 11 is 0. The van der Waals surface area contributed by atoms with Gasteiger partial charge in [0.15, 0.2) is 17.3 Å². The van der Waals surface area contributed by atoms with Crippen molar-refractivity contribution >= 4 is 52.2 Å². The number of anilines is 4. The number of H-pyrrole nitrogens is 1. The van der Waals surface area contributed by atoms with Gasteiger partial charge in [0.05, 0.1) is 5.69 Å². The maximum Gasteiger partial charge on any atom is 0.353 e. The third-order valence-corrected chi connectivity index (χ3v) is 10.1. The average molecular weight is 547 g/mol. The van der Waals surface area contributed by atoms with E-state index < -0.39 is 18.1 Å². The van der Waals surface area contributed by atoms with Gasteiger partial charge in [-0.1, -0.05) is 6.07 Å². The van der Waals surface area contributed by atoms with E-state index in [-0.39, 0.29) is 18.3 Å².